The molecular weight excluding hydrogens is 371 g/mol. The molecule has 0 aliphatic heterocycles. The minimum atomic E-state index is -0.574. The van der Waals surface area contributed by atoms with Crippen molar-refractivity contribution >= 4 is 34.3 Å². The zero-order valence-corrected chi connectivity index (χ0v) is 15.9. The number of amides is 2. The number of aryl methyl sites for hydroxylation is 2. The lowest BCUT2D eigenvalue weighted by atomic mass is 10.0. The van der Waals surface area contributed by atoms with Crippen molar-refractivity contribution in [2.24, 2.45) is 0 Å². The van der Waals surface area contributed by atoms with Crippen LogP contribution in [0.4, 0.5) is 26.5 Å². The molecule has 0 aliphatic rings. The summed E-state index contributed by atoms with van der Waals surface area (Å²) >= 11 is 0. The van der Waals surface area contributed by atoms with E-state index in [-0.39, 0.29) is 5.69 Å². The summed E-state index contributed by atoms with van der Waals surface area (Å²) in [4.78, 5) is 16.5. The summed E-state index contributed by atoms with van der Waals surface area (Å²) in [5.41, 5.74) is 9.95. The third-order valence-corrected chi connectivity index (χ3v) is 4.58. The number of nitrogen functional groups attached to an aromatic ring is 1. The molecule has 0 fully saturated rings. The van der Waals surface area contributed by atoms with Crippen molar-refractivity contribution in [2.45, 2.75) is 13.8 Å². The number of carbonyl (C=O) groups excluding carboxylic acids is 1. The Morgan fingerprint density at radius 3 is 2.72 bits per heavy atom. The minimum Gasteiger partial charge on any atom is -0.382 e. The van der Waals surface area contributed by atoms with Gasteiger partial charge in [-0.2, -0.15) is 5.10 Å². The summed E-state index contributed by atoms with van der Waals surface area (Å²) in [5.74, 6) is 0.288. The van der Waals surface area contributed by atoms with Crippen molar-refractivity contribution < 1.29 is 9.18 Å². The van der Waals surface area contributed by atoms with E-state index in [9.17, 15) is 9.18 Å². The molecule has 5 N–H and O–H groups in total. The molecule has 0 saturated heterocycles. The van der Waals surface area contributed by atoms with Crippen LogP contribution in [0.1, 0.15) is 11.1 Å². The Kier molecular flexibility index (Phi) is 4.59. The van der Waals surface area contributed by atoms with Gasteiger partial charge < -0.3 is 11.1 Å². The third-order valence-electron chi connectivity index (χ3n) is 4.58. The quantitative estimate of drug-likeness (QED) is 0.410. The number of aromatic nitrogens is 3. The molecule has 0 aliphatic carbocycles. The Labute approximate surface area is 166 Å². The lowest BCUT2D eigenvalue weighted by Crippen LogP contribution is -2.21. The van der Waals surface area contributed by atoms with Crippen LogP contribution >= 0.6 is 0 Å². The number of rotatable bonds is 3. The highest BCUT2D eigenvalue weighted by Gasteiger charge is 2.12. The molecule has 2 amide bonds. The fraction of sp³-hybridized carbons (Fsp3) is 0.0952. The van der Waals surface area contributed by atoms with Gasteiger partial charge in [0, 0.05) is 11.8 Å². The largest absolute Gasteiger partial charge is 0.382 e. The number of pyridine rings is 1. The second-order valence-electron chi connectivity index (χ2n) is 6.79. The molecule has 4 aromatic rings. The van der Waals surface area contributed by atoms with Crippen LogP contribution in [0.2, 0.25) is 0 Å². The first kappa shape index (κ1) is 18.4. The van der Waals surface area contributed by atoms with Crippen LogP contribution in [-0.4, -0.2) is 21.2 Å². The first-order valence-electron chi connectivity index (χ1n) is 8.96. The van der Waals surface area contributed by atoms with Crippen molar-refractivity contribution in [3.8, 4) is 11.1 Å². The molecule has 2 aromatic carbocycles. The molecular formula is C21H19FN6O. The summed E-state index contributed by atoms with van der Waals surface area (Å²) in [6, 6.07) is 11.9. The van der Waals surface area contributed by atoms with Crippen molar-refractivity contribution in [1.29, 1.82) is 0 Å². The molecule has 0 unspecified atom stereocenters. The Bertz CT molecular complexity index is 1220. The first-order valence-corrected chi connectivity index (χ1v) is 8.96. The average Bonchev–Trinajstić information content (AvgIpc) is 3.07. The van der Waals surface area contributed by atoms with Crippen LogP contribution in [0.3, 0.4) is 0 Å². The maximum atomic E-state index is 14.2. The number of H-pyrrole nitrogens is 1. The monoisotopic (exact) mass is 390 g/mol. The molecule has 4 rings (SSSR count). The van der Waals surface area contributed by atoms with E-state index in [1.54, 1.807) is 31.3 Å². The number of hydrogen-bond acceptors (Lipinski definition) is 4. The second kappa shape index (κ2) is 7.23. The number of anilines is 3. The molecule has 146 valence electrons. The zero-order valence-electron chi connectivity index (χ0n) is 15.9. The van der Waals surface area contributed by atoms with E-state index < -0.39 is 11.8 Å². The third kappa shape index (κ3) is 3.60. The smallest absolute Gasteiger partial charge is 0.324 e. The van der Waals surface area contributed by atoms with Crippen LogP contribution in [0, 0.1) is 19.7 Å². The maximum Gasteiger partial charge on any atom is 0.324 e. The zero-order chi connectivity index (χ0) is 20.5. The van der Waals surface area contributed by atoms with Gasteiger partial charge >= 0.3 is 6.03 Å². The number of nitrogens with one attached hydrogen (secondary N) is 3. The second-order valence-corrected chi connectivity index (χ2v) is 6.79. The van der Waals surface area contributed by atoms with Crippen LogP contribution in [0.25, 0.3) is 22.0 Å². The van der Waals surface area contributed by atoms with Gasteiger partial charge in [-0.25, -0.2) is 14.2 Å². The number of fused-ring (bicyclic) bond motifs is 1. The van der Waals surface area contributed by atoms with E-state index >= 15 is 0 Å². The molecule has 29 heavy (non-hydrogen) atoms. The number of hydrogen-bond donors (Lipinski definition) is 4. The number of aromatic amines is 1. The molecule has 2 heterocycles. The summed E-state index contributed by atoms with van der Waals surface area (Å²) in [6.45, 7) is 3.49. The lowest BCUT2D eigenvalue weighted by molar-refractivity contribution is 0.262. The maximum absolute atomic E-state index is 14.2. The summed E-state index contributed by atoms with van der Waals surface area (Å²) < 4.78 is 14.2. The highest BCUT2D eigenvalue weighted by atomic mass is 19.1. The molecule has 0 bridgehead atoms. The lowest BCUT2D eigenvalue weighted by Gasteiger charge is -2.11. The SMILES string of the molecule is Cc1cc(C)c(F)c(NC(=O)Nc2ccc(-c3cccc4[nH]nc(N)c34)cn2)c1. The van der Waals surface area contributed by atoms with E-state index in [1.165, 1.54) is 0 Å². The van der Waals surface area contributed by atoms with Crippen molar-refractivity contribution in [3.63, 3.8) is 0 Å². The van der Waals surface area contributed by atoms with Crippen molar-refractivity contribution in [3.05, 3.63) is 65.6 Å². The fourth-order valence-corrected chi connectivity index (χ4v) is 3.28. The Hall–Kier alpha value is -3.94. The molecule has 0 spiro atoms. The average molecular weight is 390 g/mol. The van der Waals surface area contributed by atoms with Crippen molar-refractivity contribution in [2.75, 3.05) is 16.4 Å². The van der Waals surface area contributed by atoms with Crippen LogP contribution in [0.15, 0.2) is 48.7 Å². The molecule has 0 saturated carbocycles. The molecule has 2 aromatic heterocycles. The number of nitrogens with two attached hydrogens (primary N) is 1. The Balaban J connectivity index is 1.53. The number of halogens is 1. The predicted molar refractivity (Wildman–Crippen MR) is 112 cm³/mol. The number of benzene rings is 2. The van der Waals surface area contributed by atoms with E-state index in [0.29, 0.717) is 17.2 Å². The van der Waals surface area contributed by atoms with Gasteiger partial charge in [0.05, 0.1) is 16.6 Å². The number of urea groups is 1. The minimum absolute atomic E-state index is 0.124. The van der Waals surface area contributed by atoms with Gasteiger partial charge in [0.1, 0.15) is 11.6 Å². The fourth-order valence-electron chi connectivity index (χ4n) is 3.28. The molecule has 8 heteroatoms. The van der Waals surface area contributed by atoms with Gasteiger partial charge in [0.15, 0.2) is 5.82 Å². The van der Waals surface area contributed by atoms with Gasteiger partial charge in [-0.1, -0.05) is 18.2 Å². The van der Waals surface area contributed by atoms with Crippen LogP contribution in [-0.2, 0) is 0 Å². The van der Waals surface area contributed by atoms with Crippen LogP contribution in [0.5, 0.6) is 0 Å². The normalized spacial score (nSPS) is 10.9. The van der Waals surface area contributed by atoms with Crippen LogP contribution < -0.4 is 16.4 Å². The predicted octanol–water partition coefficient (Wildman–Crippen LogP) is 4.61. The molecule has 7 nitrogen and oxygen atoms in total. The number of carbonyl (C=O) groups is 1. The Morgan fingerprint density at radius 2 is 1.97 bits per heavy atom. The van der Waals surface area contributed by atoms with Gasteiger partial charge in [0.25, 0.3) is 0 Å². The first-order chi connectivity index (χ1) is 13.9. The topological polar surface area (TPSA) is 109 Å². The highest BCUT2D eigenvalue weighted by molar-refractivity contribution is 6.02. The Morgan fingerprint density at radius 1 is 1.14 bits per heavy atom. The highest BCUT2D eigenvalue weighted by Crippen LogP contribution is 2.31. The van der Waals surface area contributed by atoms with Gasteiger partial charge in [-0.3, -0.25) is 10.4 Å². The van der Waals surface area contributed by atoms with E-state index in [2.05, 4.69) is 25.8 Å². The van der Waals surface area contributed by atoms with Gasteiger partial charge in [-0.15, -0.1) is 0 Å². The summed E-state index contributed by atoms with van der Waals surface area (Å²) in [5, 5.41) is 12.9. The van der Waals surface area contributed by atoms with Crippen molar-refractivity contribution in [1.82, 2.24) is 15.2 Å². The van der Waals surface area contributed by atoms with E-state index in [4.69, 9.17) is 5.73 Å². The summed E-state index contributed by atoms with van der Waals surface area (Å²) in [7, 11) is 0. The molecule has 0 radical (unpaired) electrons. The van der Waals surface area contributed by atoms with E-state index in [1.807, 2.05) is 31.2 Å². The van der Waals surface area contributed by atoms with E-state index in [0.717, 1.165) is 27.6 Å². The van der Waals surface area contributed by atoms with Gasteiger partial charge in [0.2, 0.25) is 0 Å². The number of nitrogens with zero attached hydrogens (tertiary/aromatic N) is 2. The van der Waals surface area contributed by atoms with Gasteiger partial charge in [-0.05, 0) is 54.8 Å². The summed E-state index contributed by atoms with van der Waals surface area (Å²) in [6.07, 6.45) is 1.63. The standard InChI is InChI=1S/C21H19FN6O/c1-11-8-12(2)19(22)16(9-11)25-21(29)26-17-7-6-13(10-24-17)14-4-3-5-15-18(14)20(23)28-27-15/h3-10H,1-2H3,(H3,23,27,28)(H2,24,25,26,29). The molecule has 0 atom stereocenters.